The van der Waals surface area contributed by atoms with Gasteiger partial charge in [-0.2, -0.15) is 5.26 Å². The number of nitrogens with zero attached hydrogens (tertiary/aromatic N) is 2. The first-order valence-corrected chi connectivity index (χ1v) is 6.08. The minimum Gasteiger partial charge on any atom is -0.294 e. The van der Waals surface area contributed by atoms with Gasteiger partial charge in [-0.05, 0) is 23.8 Å². The number of carbonyl (C=O) groups is 1. The van der Waals surface area contributed by atoms with Gasteiger partial charge in [0.2, 0.25) is 0 Å². The molecule has 0 unspecified atom stereocenters. The van der Waals surface area contributed by atoms with Crippen LogP contribution in [0.2, 0.25) is 0 Å². The number of non-ortho nitro benzene ring substituents is 1. The number of rotatable bonds is 4. The highest BCUT2D eigenvalue weighted by molar-refractivity contribution is 5.98. The summed E-state index contributed by atoms with van der Waals surface area (Å²) in [6, 6.07) is 7.87. The van der Waals surface area contributed by atoms with Crippen molar-refractivity contribution in [3.8, 4) is 6.07 Å². The molecule has 2 rings (SSSR count). The molecule has 0 N–H and O–H groups in total. The van der Waals surface area contributed by atoms with Crippen LogP contribution in [0.1, 0.15) is 21.5 Å². The number of hydrogen-bond acceptors (Lipinski definition) is 4. The van der Waals surface area contributed by atoms with Crippen molar-refractivity contribution in [3.05, 3.63) is 74.8 Å². The van der Waals surface area contributed by atoms with Crippen LogP contribution in [-0.2, 0) is 6.42 Å². The molecular weight excluding hydrogens is 294 g/mol. The summed E-state index contributed by atoms with van der Waals surface area (Å²) >= 11 is 0. The molecular formula is C15H8F2N2O3. The maximum absolute atomic E-state index is 13.7. The summed E-state index contributed by atoms with van der Waals surface area (Å²) in [6.07, 6.45) is -0.463. The molecule has 2 aromatic carbocycles. The van der Waals surface area contributed by atoms with Gasteiger partial charge in [0.25, 0.3) is 5.69 Å². The van der Waals surface area contributed by atoms with Crippen LogP contribution in [0.15, 0.2) is 36.4 Å². The predicted molar refractivity (Wildman–Crippen MR) is 72.2 cm³/mol. The largest absolute Gasteiger partial charge is 0.294 e. The van der Waals surface area contributed by atoms with Gasteiger partial charge in [-0.3, -0.25) is 14.9 Å². The lowest BCUT2D eigenvalue weighted by Crippen LogP contribution is -2.08. The minimum atomic E-state index is -0.912. The van der Waals surface area contributed by atoms with E-state index in [2.05, 4.69) is 0 Å². The van der Waals surface area contributed by atoms with Gasteiger partial charge in [0.1, 0.15) is 11.6 Å². The van der Waals surface area contributed by atoms with E-state index in [1.54, 1.807) is 6.07 Å². The van der Waals surface area contributed by atoms with Crippen molar-refractivity contribution in [3.63, 3.8) is 0 Å². The van der Waals surface area contributed by atoms with E-state index < -0.39 is 40.0 Å². The zero-order chi connectivity index (χ0) is 16.3. The second-order valence-corrected chi connectivity index (χ2v) is 4.44. The number of carbonyl (C=O) groups excluding carboxylic acids is 1. The third-order valence-corrected chi connectivity index (χ3v) is 2.99. The average molecular weight is 302 g/mol. The molecule has 0 radical (unpaired) electrons. The molecule has 0 bridgehead atoms. The monoisotopic (exact) mass is 302 g/mol. The minimum absolute atomic E-state index is 0.0186. The van der Waals surface area contributed by atoms with Crippen LogP contribution in [0.4, 0.5) is 14.5 Å². The van der Waals surface area contributed by atoms with Gasteiger partial charge in [0, 0.05) is 18.6 Å². The molecule has 0 aliphatic carbocycles. The maximum atomic E-state index is 13.7. The number of nitro groups is 1. The molecule has 0 amide bonds. The Bertz CT molecular complexity index is 813. The lowest BCUT2D eigenvalue weighted by Gasteiger charge is -2.05. The Morgan fingerprint density at radius 2 is 1.91 bits per heavy atom. The fourth-order valence-electron chi connectivity index (χ4n) is 1.87. The smallest absolute Gasteiger partial charge is 0.270 e. The van der Waals surface area contributed by atoms with E-state index in [-0.39, 0.29) is 11.1 Å². The lowest BCUT2D eigenvalue weighted by atomic mass is 10.0. The van der Waals surface area contributed by atoms with Crippen LogP contribution in [0.5, 0.6) is 0 Å². The number of benzene rings is 2. The molecule has 5 nitrogen and oxygen atoms in total. The third-order valence-electron chi connectivity index (χ3n) is 2.99. The molecule has 0 aromatic heterocycles. The van der Waals surface area contributed by atoms with E-state index in [0.29, 0.717) is 0 Å². The second kappa shape index (κ2) is 6.10. The van der Waals surface area contributed by atoms with Crippen molar-refractivity contribution in [2.75, 3.05) is 0 Å². The van der Waals surface area contributed by atoms with Crippen molar-refractivity contribution in [1.82, 2.24) is 0 Å². The zero-order valence-electron chi connectivity index (χ0n) is 11.0. The highest BCUT2D eigenvalue weighted by Crippen LogP contribution is 2.20. The van der Waals surface area contributed by atoms with Gasteiger partial charge in [-0.25, -0.2) is 8.78 Å². The predicted octanol–water partition coefficient (Wildman–Crippen LogP) is 3.17. The lowest BCUT2D eigenvalue weighted by molar-refractivity contribution is -0.384. The van der Waals surface area contributed by atoms with Gasteiger partial charge in [0.05, 0.1) is 22.1 Å². The molecule has 0 aliphatic heterocycles. The first-order chi connectivity index (χ1) is 10.4. The number of ketones is 1. The summed E-state index contributed by atoms with van der Waals surface area (Å²) in [5, 5.41) is 19.3. The standard InChI is InChI=1S/C15H8F2N2O3/c16-13-4-3-11(19(21)22)7-12(13)15(20)6-10-2-1-9(8-18)5-14(10)17/h1-5,7H,6H2. The van der Waals surface area contributed by atoms with Crippen molar-refractivity contribution in [1.29, 1.82) is 5.26 Å². The van der Waals surface area contributed by atoms with Crippen LogP contribution in [0, 0.1) is 33.1 Å². The number of nitriles is 1. The van der Waals surface area contributed by atoms with Crippen molar-refractivity contribution in [2.45, 2.75) is 6.42 Å². The summed E-state index contributed by atoms with van der Waals surface area (Å²) in [7, 11) is 0. The quantitative estimate of drug-likeness (QED) is 0.493. The summed E-state index contributed by atoms with van der Waals surface area (Å²) in [5.41, 5.74) is -0.826. The van der Waals surface area contributed by atoms with Gasteiger partial charge in [0.15, 0.2) is 5.78 Å². The number of hydrogen-bond donors (Lipinski definition) is 0. The van der Waals surface area contributed by atoms with Crippen molar-refractivity contribution in [2.24, 2.45) is 0 Å². The van der Waals surface area contributed by atoms with E-state index in [4.69, 9.17) is 5.26 Å². The third kappa shape index (κ3) is 3.12. The SMILES string of the molecule is N#Cc1ccc(CC(=O)c2cc([N+](=O)[O-])ccc2F)c(F)c1. The number of halogens is 2. The summed E-state index contributed by atoms with van der Waals surface area (Å²) in [4.78, 5) is 21.9. The highest BCUT2D eigenvalue weighted by atomic mass is 19.1. The van der Waals surface area contributed by atoms with Crippen LogP contribution in [0.25, 0.3) is 0 Å². The normalized spacial score (nSPS) is 10.0. The molecule has 0 heterocycles. The Morgan fingerprint density at radius 1 is 1.18 bits per heavy atom. The second-order valence-electron chi connectivity index (χ2n) is 4.44. The van der Waals surface area contributed by atoms with Gasteiger partial charge in [-0.1, -0.05) is 6.07 Å². The average Bonchev–Trinajstić information content (AvgIpc) is 2.49. The molecule has 7 heteroatoms. The first-order valence-electron chi connectivity index (χ1n) is 6.08. The molecule has 0 saturated heterocycles. The van der Waals surface area contributed by atoms with E-state index in [1.165, 1.54) is 12.1 Å². The Hall–Kier alpha value is -3.14. The van der Waals surface area contributed by atoms with Crippen LogP contribution >= 0.6 is 0 Å². The fourth-order valence-corrected chi connectivity index (χ4v) is 1.87. The molecule has 0 spiro atoms. The number of nitro benzene ring substituents is 1. The van der Waals surface area contributed by atoms with Gasteiger partial charge in [-0.15, -0.1) is 0 Å². The van der Waals surface area contributed by atoms with Gasteiger partial charge < -0.3 is 0 Å². The van der Waals surface area contributed by atoms with Crippen LogP contribution < -0.4 is 0 Å². The van der Waals surface area contributed by atoms with E-state index in [1.807, 2.05) is 0 Å². The van der Waals surface area contributed by atoms with Crippen LogP contribution in [0.3, 0.4) is 0 Å². The summed E-state index contributed by atoms with van der Waals surface area (Å²) in [5.74, 6) is -2.47. The van der Waals surface area contributed by atoms with Gasteiger partial charge >= 0.3 is 0 Å². The Kier molecular flexibility index (Phi) is 4.23. The number of Topliss-reactive ketones (excluding diaryl/α,β-unsaturated/α-hetero) is 1. The summed E-state index contributed by atoms with van der Waals surface area (Å²) < 4.78 is 27.3. The molecule has 0 atom stereocenters. The van der Waals surface area contributed by atoms with Crippen molar-refractivity contribution < 1.29 is 18.5 Å². The molecule has 2 aromatic rings. The molecule has 0 aliphatic rings. The zero-order valence-corrected chi connectivity index (χ0v) is 11.0. The Labute approximate surface area is 123 Å². The molecule has 110 valence electrons. The Balaban J connectivity index is 2.32. The van der Waals surface area contributed by atoms with E-state index >= 15 is 0 Å². The fraction of sp³-hybridized carbons (Fsp3) is 0.0667. The van der Waals surface area contributed by atoms with Crippen molar-refractivity contribution >= 4 is 11.5 Å². The summed E-state index contributed by atoms with van der Waals surface area (Å²) in [6.45, 7) is 0. The Morgan fingerprint density at radius 3 is 2.50 bits per heavy atom. The maximum Gasteiger partial charge on any atom is 0.270 e. The van der Waals surface area contributed by atoms with Crippen LogP contribution in [-0.4, -0.2) is 10.7 Å². The highest BCUT2D eigenvalue weighted by Gasteiger charge is 2.18. The van der Waals surface area contributed by atoms with E-state index in [9.17, 15) is 23.7 Å². The van der Waals surface area contributed by atoms with E-state index in [0.717, 1.165) is 24.3 Å². The molecule has 22 heavy (non-hydrogen) atoms. The first kappa shape index (κ1) is 15.3. The topological polar surface area (TPSA) is 84.0 Å². The molecule has 0 saturated carbocycles. The molecule has 0 fully saturated rings.